The number of carbonyl (C=O) groups excluding carboxylic acids is 1. The molecule has 1 saturated heterocycles. The lowest BCUT2D eigenvalue weighted by molar-refractivity contribution is 0.113. The number of amides is 2. The molecule has 1 aliphatic rings. The minimum Gasteiger partial charge on any atom is -0.338 e. The van der Waals surface area contributed by atoms with Crippen molar-refractivity contribution in [3.05, 3.63) is 22.7 Å². The maximum Gasteiger partial charge on any atom is 0.319 e. The third-order valence-corrected chi connectivity index (χ3v) is 4.31. The Morgan fingerprint density at radius 1 is 1.36 bits per heavy atom. The molecule has 0 atom stereocenters. The molecule has 1 fully saturated rings. The standard InChI is InChI=1S/C14H19N5O2S/c1-17(2)14(20)19-6-4-18(5-7-19)9-12-15-13(16-21-12)11-3-8-22-10-11/h3,8,10H,4-7,9H2,1-2H3. The van der Waals surface area contributed by atoms with Crippen molar-refractivity contribution in [3.63, 3.8) is 0 Å². The molecule has 118 valence electrons. The number of piperazine rings is 1. The van der Waals surface area contributed by atoms with Gasteiger partial charge < -0.3 is 14.3 Å². The summed E-state index contributed by atoms with van der Waals surface area (Å²) in [7, 11) is 3.55. The Morgan fingerprint density at radius 3 is 2.77 bits per heavy atom. The van der Waals surface area contributed by atoms with Crippen LogP contribution in [0.25, 0.3) is 11.4 Å². The predicted octanol–water partition coefficient (Wildman–Crippen LogP) is 1.60. The van der Waals surface area contributed by atoms with E-state index in [1.807, 2.05) is 21.7 Å². The van der Waals surface area contributed by atoms with Gasteiger partial charge in [-0.25, -0.2) is 4.79 Å². The summed E-state index contributed by atoms with van der Waals surface area (Å²) in [4.78, 5) is 22.0. The second kappa shape index (κ2) is 6.45. The Hall–Kier alpha value is -1.93. The molecule has 2 aromatic rings. The molecule has 2 aromatic heterocycles. The van der Waals surface area contributed by atoms with E-state index in [4.69, 9.17) is 4.52 Å². The van der Waals surface area contributed by atoms with Crippen LogP contribution in [0.1, 0.15) is 5.89 Å². The zero-order valence-corrected chi connectivity index (χ0v) is 13.5. The molecule has 0 saturated carbocycles. The first-order valence-electron chi connectivity index (χ1n) is 7.17. The van der Waals surface area contributed by atoms with Gasteiger partial charge in [0.1, 0.15) is 0 Å². The summed E-state index contributed by atoms with van der Waals surface area (Å²) in [6.07, 6.45) is 0. The minimum absolute atomic E-state index is 0.0668. The Kier molecular flexibility index (Phi) is 4.39. The Balaban J connectivity index is 1.54. The zero-order valence-electron chi connectivity index (χ0n) is 12.7. The fourth-order valence-corrected chi connectivity index (χ4v) is 3.03. The van der Waals surface area contributed by atoms with E-state index < -0.39 is 0 Å². The van der Waals surface area contributed by atoms with E-state index in [-0.39, 0.29) is 6.03 Å². The van der Waals surface area contributed by atoms with Gasteiger partial charge in [-0.3, -0.25) is 4.90 Å². The topological polar surface area (TPSA) is 65.7 Å². The zero-order chi connectivity index (χ0) is 15.5. The number of rotatable bonds is 3. The van der Waals surface area contributed by atoms with Gasteiger partial charge in [0.2, 0.25) is 11.7 Å². The molecule has 0 N–H and O–H groups in total. The molecule has 0 spiro atoms. The molecular weight excluding hydrogens is 302 g/mol. The lowest BCUT2D eigenvalue weighted by Crippen LogP contribution is -2.51. The van der Waals surface area contributed by atoms with Crippen molar-refractivity contribution in [3.8, 4) is 11.4 Å². The van der Waals surface area contributed by atoms with Gasteiger partial charge in [-0.2, -0.15) is 16.3 Å². The molecule has 3 heterocycles. The van der Waals surface area contributed by atoms with Gasteiger partial charge in [0.05, 0.1) is 6.54 Å². The first-order chi connectivity index (χ1) is 10.6. The molecule has 22 heavy (non-hydrogen) atoms. The number of hydrogen-bond acceptors (Lipinski definition) is 6. The van der Waals surface area contributed by atoms with Gasteiger partial charge in [0, 0.05) is 51.2 Å². The van der Waals surface area contributed by atoms with Gasteiger partial charge >= 0.3 is 6.03 Å². The molecule has 2 amide bonds. The van der Waals surface area contributed by atoms with E-state index in [9.17, 15) is 4.79 Å². The van der Waals surface area contributed by atoms with Crippen LogP contribution < -0.4 is 0 Å². The van der Waals surface area contributed by atoms with Gasteiger partial charge in [-0.05, 0) is 11.4 Å². The monoisotopic (exact) mass is 321 g/mol. The van der Waals surface area contributed by atoms with Crippen LogP contribution in [-0.4, -0.2) is 71.1 Å². The van der Waals surface area contributed by atoms with Crippen molar-refractivity contribution in [2.24, 2.45) is 0 Å². The number of hydrogen-bond donors (Lipinski definition) is 0. The number of urea groups is 1. The Morgan fingerprint density at radius 2 is 2.14 bits per heavy atom. The second-order valence-electron chi connectivity index (χ2n) is 5.46. The third kappa shape index (κ3) is 3.28. The van der Waals surface area contributed by atoms with Crippen molar-refractivity contribution >= 4 is 17.4 Å². The fourth-order valence-electron chi connectivity index (χ4n) is 2.40. The molecule has 8 heteroatoms. The number of nitrogens with zero attached hydrogens (tertiary/aromatic N) is 5. The largest absolute Gasteiger partial charge is 0.338 e. The highest BCUT2D eigenvalue weighted by atomic mass is 32.1. The van der Waals surface area contributed by atoms with Crippen molar-refractivity contribution in [1.29, 1.82) is 0 Å². The van der Waals surface area contributed by atoms with Crippen molar-refractivity contribution in [1.82, 2.24) is 24.8 Å². The maximum absolute atomic E-state index is 11.9. The summed E-state index contributed by atoms with van der Waals surface area (Å²) in [5, 5.41) is 8.01. The Bertz CT molecular complexity index is 617. The second-order valence-corrected chi connectivity index (χ2v) is 6.24. The third-order valence-electron chi connectivity index (χ3n) is 3.63. The van der Waals surface area contributed by atoms with E-state index >= 15 is 0 Å². The highest BCUT2D eigenvalue weighted by Crippen LogP contribution is 2.19. The average molecular weight is 321 g/mol. The van der Waals surface area contributed by atoms with Crippen LogP contribution in [0.2, 0.25) is 0 Å². The quantitative estimate of drug-likeness (QED) is 0.859. The number of aromatic nitrogens is 2. The summed E-state index contributed by atoms with van der Waals surface area (Å²) in [5.74, 6) is 1.26. The van der Waals surface area contributed by atoms with Crippen molar-refractivity contribution in [2.75, 3.05) is 40.3 Å². The van der Waals surface area contributed by atoms with E-state index in [1.54, 1.807) is 30.3 Å². The fraction of sp³-hybridized carbons (Fsp3) is 0.500. The van der Waals surface area contributed by atoms with E-state index in [1.165, 1.54) is 0 Å². The molecule has 1 aliphatic heterocycles. The van der Waals surface area contributed by atoms with Crippen LogP contribution in [-0.2, 0) is 6.54 Å². The van der Waals surface area contributed by atoms with Gasteiger partial charge in [0.25, 0.3) is 0 Å². The van der Waals surface area contributed by atoms with Gasteiger partial charge in [-0.1, -0.05) is 5.16 Å². The van der Waals surface area contributed by atoms with Crippen molar-refractivity contribution < 1.29 is 9.32 Å². The first kappa shape index (κ1) is 15.0. The summed E-state index contributed by atoms with van der Waals surface area (Å²) in [5.41, 5.74) is 0.987. The molecule has 0 bridgehead atoms. The highest BCUT2D eigenvalue weighted by Gasteiger charge is 2.23. The maximum atomic E-state index is 11.9. The number of thiophene rings is 1. The number of carbonyl (C=O) groups is 1. The minimum atomic E-state index is 0.0668. The normalized spacial score (nSPS) is 16.0. The molecule has 0 unspecified atom stereocenters. The predicted molar refractivity (Wildman–Crippen MR) is 83.5 cm³/mol. The molecule has 0 radical (unpaired) electrons. The lowest BCUT2D eigenvalue weighted by atomic mass is 10.3. The van der Waals surface area contributed by atoms with Crippen LogP contribution >= 0.6 is 11.3 Å². The van der Waals surface area contributed by atoms with E-state index in [0.29, 0.717) is 18.3 Å². The lowest BCUT2D eigenvalue weighted by Gasteiger charge is -2.35. The highest BCUT2D eigenvalue weighted by molar-refractivity contribution is 7.08. The molecule has 0 aliphatic carbocycles. The summed E-state index contributed by atoms with van der Waals surface area (Å²) >= 11 is 1.61. The summed E-state index contributed by atoms with van der Waals surface area (Å²) < 4.78 is 5.32. The average Bonchev–Trinajstić information content (AvgIpc) is 3.18. The van der Waals surface area contributed by atoms with E-state index in [0.717, 1.165) is 31.7 Å². The van der Waals surface area contributed by atoms with Crippen LogP contribution in [0, 0.1) is 0 Å². The molecule has 3 rings (SSSR count). The molecular formula is C14H19N5O2S. The van der Waals surface area contributed by atoms with Crippen LogP contribution in [0.15, 0.2) is 21.3 Å². The summed E-state index contributed by atoms with van der Waals surface area (Å²) in [6, 6.07) is 2.04. The van der Waals surface area contributed by atoms with Gasteiger partial charge in [-0.15, -0.1) is 0 Å². The summed E-state index contributed by atoms with van der Waals surface area (Å²) in [6.45, 7) is 3.71. The van der Waals surface area contributed by atoms with Crippen molar-refractivity contribution in [2.45, 2.75) is 6.54 Å². The van der Waals surface area contributed by atoms with Gasteiger partial charge in [0.15, 0.2) is 0 Å². The SMILES string of the molecule is CN(C)C(=O)N1CCN(Cc2nc(-c3ccsc3)no2)CC1. The van der Waals surface area contributed by atoms with Crippen LogP contribution in [0.4, 0.5) is 4.79 Å². The van der Waals surface area contributed by atoms with Crippen LogP contribution in [0.3, 0.4) is 0 Å². The van der Waals surface area contributed by atoms with E-state index in [2.05, 4.69) is 15.0 Å². The first-order valence-corrected chi connectivity index (χ1v) is 8.11. The van der Waals surface area contributed by atoms with Crippen LogP contribution in [0.5, 0.6) is 0 Å². The molecule has 7 nitrogen and oxygen atoms in total. The Labute approximate surface area is 133 Å². The molecule has 0 aromatic carbocycles. The smallest absolute Gasteiger partial charge is 0.319 e.